The molecule has 21 heavy (non-hydrogen) atoms. The van der Waals surface area contributed by atoms with Crippen molar-refractivity contribution in [1.29, 1.82) is 0 Å². The van der Waals surface area contributed by atoms with E-state index >= 15 is 0 Å². The van der Waals surface area contributed by atoms with Crippen LogP contribution in [0.1, 0.15) is 38.3 Å². The van der Waals surface area contributed by atoms with E-state index in [1.165, 1.54) is 18.4 Å². The van der Waals surface area contributed by atoms with Crippen LogP contribution in [0.15, 0.2) is 35.3 Å². The third-order valence-corrected chi connectivity index (χ3v) is 4.96. The Morgan fingerprint density at radius 3 is 2.76 bits per heavy atom. The first-order chi connectivity index (χ1) is 10.2. The van der Waals surface area contributed by atoms with Crippen LogP contribution in [0.5, 0.6) is 0 Å². The second-order valence-corrected chi connectivity index (χ2v) is 6.90. The van der Waals surface area contributed by atoms with E-state index in [9.17, 15) is 0 Å². The molecule has 1 aliphatic heterocycles. The molecule has 1 aliphatic rings. The highest BCUT2D eigenvalue weighted by molar-refractivity contribution is 8.14. The predicted molar refractivity (Wildman–Crippen MR) is 94.1 cm³/mol. The average molecular weight is 305 g/mol. The van der Waals surface area contributed by atoms with Crippen molar-refractivity contribution in [2.45, 2.75) is 38.8 Å². The van der Waals surface area contributed by atoms with Crippen molar-refractivity contribution in [2.24, 2.45) is 4.99 Å². The molecule has 1 N–H and O–H groups in total. The molecule has 1 saturated heterocycles. The monoisotopic (exact) mass is 305 g/mol. The maximum Gasteiger partial charge on any atom is 0.157 e. The van der Waals surface area contributed by atoms with Gasteiger partial charge in [-0.25, -0.2) is 0 Å². The second-order valence-electron chi connectivity index (χ2n) is 5.89. The van der Waals surface area contributed by atoms with Gasteiger partial charge < -0.3 is 10.2 Å². The van der Waals surface area contributed by atoms with Crippen molar-refractivity contribution in [2.75, 3.05) is 25.9 Å². The van der Waals surface area contributed by atoms with Crippen LogP contribution in [0.4, 0.5) is 0 Å². The van der Waals surface area contributed by atoms with Gasteiger partial charge in [-0.2, -0.15) is 0 Å². The molecular weight excluding hydrogens is 278 g/mol. The van der Waals surface area contributed by atoms with Gasteiger partial charge in [0, 0.05) is 18.3 Å². The fourth-order valence-electron chi connectivity index (χ4n) is 2.26. The fraction of sp³-hybridized carbons (Fsp3) is 0.588. The lowest BCUT2D eigenvalue weighted by molar-refractivity contribution is 0.269. The smallest absolute Gasteiger partial charge is 0.157 e. The van der Waals surface area contributed by atoms with Crippen LogP contribution in [0.2, 0.25) is 0 Å². The molecule has 0 bridgehead atoms. The summed E-state index contributed by atoms with van der Waals surface area (Å²) in [6, 6.07) is 11.7. The van der Waals surface area contributed by atoms with E-state index in [4.69, 9.17) is 4.99 Å². The molecule has 1 unspecified atom stereocenters. The van der Waals surface area contributed by atoms with E-state index in [1.54, 1.807) is 0 Å². The van der Waals surface area contributed by atoms with E-state index in [0.717, 1.165) is 24.0 Å². The van der Waals surface area contributed by atoms with Crippen LogP contribution in [0, 0.1) is 0 Å². The summed E-state index contributed by atoms with van der Waals surface area (Å²) in [5.74, 6) is 1.08. The first kappa shape index (κ1) is 16.4. The Morgan fingerprint density at radius 1 is 1.29 bits per heavy atom. The number of hydrogen-bond donors (Lipinski definition) is 1. The van der Waals surface area contributed by atoms with Crippen LogP contribution in [-0.2, 0) is 0 Å². The summed E-state index contributed by atoms with van der Waals surface area (Å²) in [7, 11) is 2.19. The van der Waals surface area contributed by atoms with E-state index in [-0.39, 0.29) is 0 Å². The van der Waals surface area contributed by atoms with Gasteiger partial charge in [0.05, 0.1) is 6.04 Å². The summed E-state index contributed by atoms with van der Waals surface area (Å²) < 4.78 is 0. The minimum atomic E-state index is 0.419. The summed E-state index contributed by atoms with van der Waals surface area (Å²) in [5, 5.41) is 4.64. The zero-order valence-electron chi connectivity index (χ0n) is 13.4. The number of amidine groups is 1. The highest BCUT2D eigenvalue weighted by Gasteiger charge is 2.21. The highest BCUT2D eigenvalue weighted by Crippen LogP contribution is 2.25. The fourth-order valence-corrected chi connectivity index (χ4v) is 3.27. The number of benzene rings is 1. The van der Waals surface area contributed by atoms with Crippen molar-refractivity contribution in [1.82, 2.24) is 10.2 Å². The van der Waals surface area contributed by atoms with Crippen LogP contribution in [0.25, 0.3) is 0 Å². The maximum absolute atomic E-state index is 4.69. The average Bonchev–Trinajstić information content (AvgIpc) is 2.96. The van der Waals surface area contributed by atoms with Crippen molar-refractivity contribution >= 4 is 16.9 Å². The Hall–Kier alpha value is -1.00. The van der Waals surface area contributed by atoms with Gasteiger partial charge in [-0.05, 0) is 45.8 Å². The second kappa shape index (κ2) is 8.44. The Balaban J connectivity index is 1.67. The quantitative estimate of drug-likeness (QED) is 0.781. The molecule has 0 spiro atoms. The van der Waals surface area contributed by atoms with Crippen molar-refractivity contribution in [3.63, 3.8) is 0 Å². The zero-order valence-corrected chi connectivity index (χ0v) is 14.2. The van der Waals surface area contributed by atoms with Gasteiger partial charge in [0.1, 0.15) is 0 Å². The van der Waals surface area contributed by atoms with Crippen molar-refractivity contribution in [3.05, 3.63) is 35.9 Å². The zero-order chi connectivity index (χ0) is 15.1. The largest absolute Gasteiger partial charge is 0.357 e. The number of nitrogens with one attached hydrogen (secondary N) is 1. The third kappa shape index (κ3) is 5.36. The Morgan fingerprint density at radius 2 is 2.05 bits per heavy atom. The summed E-state index contributed by atoms with van der Waals surface area (Å²) in [5.41, 5.74) is 1.36. The van der Waals surface area contributed by atoms with E-state index in [0.29, 0.717) is 12.1 Å². The normalized spacial score (nSPS) is 20.4. The summed E-state index contributed by atoms with van der Waals surface area (Å²) in [6.45, 7) is 6.57. The van der Waals surface area contributed by atoms with Crippen LogP contribution < -0.4 is 5.32 Å². The lowest BCUT2D eigenvalue weighted by atomic mass is 10.1. The molecular formula is C17H27N3S. The number of rotatable bonds is 7. The number of thioether (sulfide) groups is 1. The van der Waals surface area contributed by atoms with E-state index in [1.807, 2.05) is 11.8 Å². The topological polar surface area (TPSA) is 27.6 Å². The van der Waals surface area contributed by atoms with Gasteiger partial charge in [-0.1, -0.05) is 42.1 Å². The molecule has 1 atom stereocenters. The molecule has 2 rings (SSSR count). The molecule has 1 heterocycles. The molecule has 0 saturated carbocycles. The first-order valence-corrected chi connectivity index (χ1v) is 8.84. The van der Waals surface area contributed by atoms with Crippen molar-refractivity contribution < 1.29 is 0 Å². The predicted octanol–water partition coefficient (Wildman–Crippen LogP) is 3.54. The number of hydrogen-bond acceptors (Lipinski definition) is 3. The highest BCUT2D eigenvalue weighted by atomic mass is 32.2. The molecule has 0 aromatic heterocycles. The molecule has 3 nitrogen and oxygen atoms in total. The SMILES string of the molecule is CC(C)N(C)CCCCN=C1NC(c2ccccc2)CS1. The minimum absolute atomic E-state index is 0.419. The Kier molecular flexibility index (Phi) is 6.58. The van der Waals surface area contributed by atoms with Gasteiger partial charge in [0.15, 0.2) is 5.17 Å². The van der Waals surface area contributed by atoms with Crippen LogP contribution >= 0.6 is 11.8 Å². The molecule has 0 radical (unpaired) electrons. The van der Waals surface area contributed by atoms with Gasteiger partial charge in [0.25, 0.3) is 0 Å². The Bertz CT molecular complexity index is 445. The molecule has 1 aromatic carbocycles. The van der Waals surface area contributed by atoms with Crippen LogP contribution in [0.3, 0.4) is 0 Å². The first-order valence-electron chi connectivity index (χ1n) is 7.86. The van der Waals surface area contributed by atoms with Crippen LogP contribution in [-0.4, -0.2) is 42.0 Å². The number of unbranched alkanes of at least 4 members (excludes halogenated alkanes) is 1. The standard InChI is InChI=1S/C17H27N3S/c1-14(2)20(3)12-8-7-11-18-17-19-16(13-21-17)15-9-5-4-6-10-15/h4-6,9-10,14,16H,7-8,11-13H2,1-3H3,(H,18,19). The van der Waals surface area contributed by atoms with Gasteiger partial charge in [-0.15, -0.1) is 0 Å². The molecule has 0 aliphatic carbocycles. The molecule has 1 aromatic rings. The van der Waals surface area contributed by atoms with Gasteiger partial charge in [0.2, 0.25) is 0 Å². The van der Waals surface area contributed by atoms with Gasteiger partial charge in [-0.3, -0.25) is 4.99 Å². The van der Waals surface area contributed by atoms with E-state index in [2.05, 4.69) is 61.4 Å². The summed E-state index contributed by atoms with van der Waals surface area (Å²) >= 11 is 1.84. The lowest BCUT2D eigenvalue weighted by Crippen LogP contribution is -2.27. The number of nitrogens with zero attached hydrogens (tertiary/aromatic N) is 2. The molecule has 1 fully saturated rings. The molecule has 4 heteroatoms. The summed E-state index contributed by atoms with van der Waals surface area (Å²) in [4.78, 5) is 7.08. The third-order valence-electron chi connectivity index (χ3n) is 3.94. The Labute approximate surface area is 133 Å². The molecule has 0 amide bonds. The number of aliphatic imine (C=N–C) groups is 1. The van der Waals surface area contributed by atoms with E-state index < -0.39 is 0 Å². The maximum atomic E-state index is 4.69. The lowest BCUT2D eigenvalue weighted by Gasteiger charge is -2.20. The molecule has 116 valence electrons. The summed E-state index contributed by atoms with van der Waals surface area (Å²) in [6.07, 6.45) is 2.39. The minimum Gasteiger partial charge on any atom is -0.357 e. The van der Waals surface area contributed by atoms with Crippen molar-refractivity contribution in [3.8, 4) is 0 Å². The van der Waals surface area contributed by atoms with Gasteiger partial charge >= 0.3 is 0 Å².